The molecule has 1 heterocycles. The first kappa shape index (κ1) is 23.2. The number of nitrogens with one attached hydrogen (secondary N) is 2. The number of phenols is 1. The highest BCUT2D eigenvalue weighted by Crippen LogP contribution is 2.29. The average Bonchev–Trinajstić information content (AvgIpc) is 3.18. The molecule has 0 aliphatic heterocycles. The van der Waals surface area contributed by atoms with Crippen molar-refractivity contribution in [3.05, 3.63) is 89.6 Å². The number of hydrogen-bond donors (Lipinski definition) is 3. The highest BCUT2D eigenvalue weighted by atomic mass is 17.3. The van der Waals surface area contributed by atoms with E-state index in [4.69, 9.17) is 20.0 Å². The van der Waals surface area contributed by atoms with E-state index >= 15 is 0 Å². The number of nitrogens with zero attached hydrogens (tertiary/aromatic N) is 1. The summed E-state index contributed by atoms with van der Waals surface area (Å²) in [4.78, 5) is 11.3. The molecule has 0 atom stereocenters. The highest BCUT2D eigenvalue weighted by Gasteiger charge is 2.21. The molecule has 7 nitrogen and oxygen atoms in total. The second-order valence-electron chi connectivity index (χ2n) is 8.94. The molecule has 176 valence electrons. The van der Waals surface area contributed by atoms with Crippen LogP contribution in [0.4, 0.5) is 5.69 Å². The van der Waals surface area contributed by atoms with Gasteiger partial charge in [0.25, 0.3) is 0 Å². The van der Waals surface area contributed by atoms with Crippen LogP contribution in [0.15, 0.2) is 72.8 Å². The Hall–Kier alpha value is -3.97. The maximum Gasteiger partial charge on any atom is 0.120 e. The lowest BCUT2D eigenvalue weighted by atomic mass is 10.0. The van der Waals surface area contributed by atoms with Crippen LogP contribution in [0, 0.1) is 5.41 Å². The van der Waals surface area contributed by atoms with Crippen molar-refractivity contribution in [2.24, 2.45) is 0 Å². The average molecular weight is 460 g/mol. The predicted octanol–water partition coefficient (Wildman–Crippen LogP) is 5.54. The SMILES string of the molecule is CNc1ccc(OCc2ccccc2)cc1C(=N)c1cc2cc(O)ccc2n1OOC(C)(C)C. The molecule has 0 radical (unpaired) electrons. The van der Waals surface area contributed by atoms with Crippen molar-refractivity contribution in [2.45, 2.75) is 33.0 Å². The Morgan fingerprint density at radius 3 is 2.47 bits per heavy atom. The molecule has 1 aromatic heterocycles. The van der Waals surface area contributed by atoms with Gasteiger partial charge in [-0.25, -0.2) is 4.99 Å². The van der Waals surface area contributed by atoms with E-state index in [2.05, 4.69) is 5.32 Å². The zero-order valence-electron chi connectivity index (χ0n) is 19.8. The summed E-state index contributed by atoms with van der Waals surface area (Å²) in [5.74, 6) is 0.779. The number of anilines is 1. The summed E-state index contributed by atoms with van der Waals surface area (Å²) in [6.45, 7) is 6.06. The Bertz CT molecular complexity index is 1310. The van der Waals surface area contributed by atoms with Gasteiger partial charge in [0.15, 0.2) is 0 Å². The van der Waals surface area contributed by atoms with Crippen molar-refractivity contribution in [1.82, 2.24) is 4.73 Å². The Morgan fingerprint density at radius 2 is 1.76 bits per heavy atom. The van der Waals surface area contributed by atoms with Gasteiger partial charge in [-0.3, -0.25) is 5.41 Å². The van der Waals surface area contributed by atoms with E-state index < -0.39 is 5.60 Å². The van der Waals surface area contributed by atoms with Crippen LogP contribution in [0.5, 0.6) is 11.5 Å². The molecule has 0 unspecified atom stereocenters. The first-order valence-electron chi connectivity index (χ1n) is 11.0. The predicted molar refractivity (Wildman–Crippen MR) is 134 cm³/mol. The van der Waals surface area contributed by atoms with E-state index in [-0.39, 0.29) is 11.5 Å². The molecule has 0 fully saturated rings. The second-order valence-corrected chi connectivity index (χ2v) is 8.94. The van der Waals surface area contributed by atoms with Crippen molar-refractivity contribution in [3.63, 3.8) is 0 Å². The van der Waals surface area contributed by atoms with E-state index in [1.54, 1.807) is 24.3 Å². The molecule has 0 aliphatic carbocycles. The number of ether oxygens (including phenoxy) is 1. The van der Waals surface area contributed by atoms with E-state index in [0.29, 0.717) is 29.1 Å². The third kappa shape index (κ3) is 5.15. The lowest BCUT2D eigenvalue weighted by Crippen LogP contribution is -2.28. The number of aromatic nitrogens is 1. The molecule has 4 rings (SSSR count). The third-order valence-electron chi connectivity index (χ3n) is 5.14. The van der Waals surface area contributed by atoms with E-state index in [0.717, 1.165) is 16.6 Å². The molecule has 7 heteroatoms. The van der Waals surface area contributed by atoms with Gasteiger partial charge in [0, 0.05) is 23.7 Å². The first-order valence-corrected chi connectivity index (χ1v) is 11.0. The Labute approximate surface area is 198 Å². The number of rotatable bonds is 8. The summed E-state index contributed by atoms with van der Waals surface area (Å²) < 4.78 is 7.47. The summed E-state index contributed by atoms with van der Waals surface area (Å²) in [7, 11) is 1.81. The van der Waals surface area contributed by atoms with E-state index in [1.807, 2.05) is 76.3 Å². The van der Waals surface area contributed by atoms with Crippen molar-refractivity contribution < 1.29 is 19.7 Å². The third-order valence-corrected chi connectivity index (χ3v) is 5.14. The highest BCUT2D eigenvalue weighted by molar-refractivity contribution is 6.15. The van der Waals surface area contributed by atoms with Gasteiger partial charge in [-0.05, 0) is 68.8 Å². The Morgan fingerprint density at radius 1 is 1.00 bits per heavy atom. The van der Waals surface area contributed by atoms with Crippen molar-refractivity contribution >= 4 is 22.3 Å². The van der Waals surface area contributed by atoms with Gasteiger partial charge < -0.3 is 15.2 Å². The summed E-state index contributed by atoms with van der Waals surface area (Å²) in [6.07, 6.45) is 0. The smallest absolute Gasteiger partial charge is 0.120 e. The van der Waals surface area contributed by atoms with Crippen LogP contribution in [-0.2, 0) is 11.5 Å². The number of hydrogen-bond acceptors (Lipinski definition) is 6. The van der Waals surface area contributed by atoms with Gasteiger partial charge in [0.2, 0.25) is 0 Å². The van der Waals surface area contributed by atoms with E-state index in [1.165, 1.54) is 4.73 Å². The van der Waals surface area contributed by atoms with Crippen LogP contribution in [0.1, 0.15) is 37.6 Å². The number of aromatic hydroxyl groups is 1. The maximum atomic E-state index is 9.96. The molecule has 3 aromatic carbocycles. The summed E-state index contributed by atoms with van der Waals surface area (Å²) in [5, 5.41) is 22.9. The van der Waals surface area contributed by atoms with Crippen molar-refractivity contribution in [3.8, 4) is 11.5 Å². The number of benzene rings is 3. The molecule has 0 bridgehead atoms. The van der Waals surface area contributed by atoms with Gasteiger partial charge in [0.1, 0.15) is 29.4 Å². The van der Waals surface area contributed by atoms with Gasteiger partial charge in [-0.2, -0.15) is 4.89 Å². The lowest BCUT2D eigenvalue weighted by Gasteiger charge is -2.20. The monoisotopic (exact) mass is 459 g/mol. The van der Waals surface area contributed by atoms with Gasteiger partial charge in [-0.1, -0.05) is 30.3 Å². The largest absolute Gasteiger partial charge is 0.508 e. The van der Waals surface area contributed by atoms with Crippen molar-refractivity contribution in [2.75, 3.05) is 12.4 Å². The van der Waals surface area contributed by atoms with Crippen LogP contribution in [0.2, 0.25) is 0 Å². The first-order chi connectivity index (χ1) is 16.2. The molecule has 0 aliphatic rings. The minimum absolute atomic E-state index is 0.131. The molecule has 4 aromatic rings. The Balaban J connectivity index is 1.71. The molecule has 0 saturated carbocycles. The molecule has 3 N–H and O–H groups in total. The topological polar surface area (TPSA) is 88.7 Å². The molecular formula is C27H29N3O4. The zero-order valence-corrected chi connectivity index (χ0v) is 19.8. The van der Waals surface area contributed by atoms with Crippen LogP contribution in [0.25, 0.3) is 10.9 Å². The number of fused-ring (bicyclic) bond motifs is 1. The standard InChI is InChI=1S/C27H29N3O4/c1-27(2,3)33-34-30-24-13-10-20(31)14-19(24)15-25(30)26(28)22-16-21(11-12-23(22)29-4)32-17-18-8-6-5-7-9-18/h5-16,28-29,31H,17H2,1-4H3. The quantitative estimate of drug-likeness (QED) is 0.183. The summed E-state index contributed by atoms with van der Waals surface area (Å²) in [6, 6.07) is 22.2. The van der Waals surface area contributed by atoms with Crippen LogP contribution in [0.3, 0.4) is 0 Å². The fourth-order valence-corrected chi connectivity index (χ4v) is 3.50. The molecule has 0 saturated heterocycles. The number of phenolic OH excluding ortho intramolecular Hbond substituents is 1. The lowest BCUT2D eigenvalue weighted by molar-refractivity contribution is -0.343. The van der Waals surface area contributed by atoms with Gasteiger partial charge in [-0.15, -0.1) is 4.73 Å². The molecule has 34 heavy (non-hydrogen) atoms. The second kappa shape index (κ2) is 9.49. The van der Waals surface area contributed by atoms with Gasteiger partial charge in [0.05, 0.1) is 11.2 Å². The normalized spacial score (nSPS) is 11.4. The molecule has 0 amide bonds. The maximum absolute atomic E-state index is 9.96. The molecule has 0 spiro atoms. The van der Waals surface area contributed by atoms with Crippen LogP contribution >= 0.6 is 0 Å². The minimum atomic E-state index is -0.561. The fraction of sp³-hybridized carbons (Fsp3) is 0.222. The Kier molecular flexibility index (Phi) is 6.47. The van der Waals surface area contributed by atoms with Crippen LogP contribution in [-0.4, -0.2) is 28.2 Å². The minimum Gasteiger partial charge on any atom is -0.508 e. The van der Waals surface area contributed by atoms with Gasteiger partial charge >= 0.3 is 0 Å². The van der Waals surface area contributed by atoms with Crippen molar-refractivity contribution in [1.29, 1.82) is 5.41 Å². The summed E-state index contributed by atoms with van der Waals surface area (Å²) in [5.41, 5.74) is 3.26. The fourth-order valence-electron chi connectivity index (χ4n) is 3.50. The van der Waals surface area contributed by atoms with E-state index in [9.17, 15) is 5.11 Å². The van der Waals surface area contributed by atoms with Crippen LogP contribution < -0.4 is 15.0 Å². The zero-order chi connectivity index (χ0) is 24.3. The molecular weight excluding hydrogens is 430 g/mol. The summed E-state index contributed by atoms with van der Waals surface area (Å²) >= 11 is 0.